The highest BCUT2D eigenvalue weighted by molar-refractivity contribution is 7.17. The van der Waals surface area contributed by atoms with Crippen molar-refractivity contribution in [3.63, 3.8) is 0 Å². The fourth-order valence-electron chi connectivity index (χ4n) is 3.90. The van der Waals surface area contributed by atoms with Crippen LogP contribution in [0.5, 0.6) is 5.75 Å². The number of amides is 2. The topological polar surface area (TPSA) is 97.4 Å². The largest absolute Gasteiger partial charge is 0.483 e. The molecule has 2 amide bonds. The van der Waals surface area contributed by atoms with Crippen LogP contribution in [0.3, 0.4) is 0 Å². The summed E-state index contributed by atoms with van der Waals surface area (Å²) in [5, 5.41) is 0.732. The van der Waals surface area contributed by atoms with Crippen LogP contribution in [0, 0.1) is 13.8 Å². The van der Waals surface area contributed by atoms with Crippen LogP contribution in [-0.4, -0.2) is 29.2 Å². The van der Waals surface area contributed by atoms with Gasteiger partial charge < -0.3 is 4.74 Å². The smallest absolute Gasteiger partial charge is 0.281 e. The second-order valence-corrected chi connectivity index (χ2v) is 8.79. The van der Waals surface area contributed by atoms with Crippen LogP contribution < -0.4 is 15.6 Å². The molecule has 0 saturated carbocycles. The maximum absolute atomic E-state index is 12.5. The molecule has 7 nitrogen and oxygen atoms in total. The van der Waals surface area contributed by atoms with Gasteiger partial charge in [-0.1, -0.05) is 43.3 Å². The predicted octanol–water partition coefficient (Wildman–Crippen LogP) is 3.96. The minimum atomic E-state index is -0.531. The molecule has 4 rings (SSSR count). The molecule has 1 aromatic heterocycles. The van der Waals surface area contributed by atoms with Gasteiger partial charge in [-0.25, -0.2) is 4.98 Å². The molecule has 0 radical (unpaired) electrons. The van der Waals surface area contributed by atoms with Crippen molar-refractivity contribution in [1.29, 1.82) is 0 Å². The lowest BCUT2D eigenvalue weighted by atomic mass is 9.97. The first-order valence-corrected chi connectivity index (χ1v) is 11.1. The molecule has 0 unspecified atom stereocenters. The first-order chi connectivity index (χ1) is 15.3. The Hall–Kier alpha value is -3.52. The van der Waals surface area contributed by atoms with Crippen LogP contribution in [-0.2, 0) is 4.79 Å². The Morgan fingerprint density at radius 1 is 1.12 bits per heavy atom. The number of nitrogens with zero attached hydrogens (tertiary/aromatic N) is 1. The summed E-state index contributed by atoms with van der Waals surface area (Å²) in [6.07, 6.45) is 0.442. The molecule has 0 bridgehead atoms. The van der Waals surface area contributed by atoms with Crippen molar-refractivity contribution in [3.8, 4) is 16.3 Å². The van der Waals surface area contributed by atoms with Crippen LogP contribution in [0.2, 0.25) is 0 Å². The van der Waals surface area contributed by atoms with Gasteiger partial charge in [0.1, 0.15) is 15.6 Å². The first kappa shape index (κ1) is 21.7. The van der Waals surface area contributed by atoms with Crippen molar-refractivity contribution < 1.29 is 19.1 Å². The minimum Gasteiger partial charge on any atom is -0.483 e. The number of hydrazine groups is 1. The fraction of sp³-hybridized carbons (Fsp3) is 0.250. The summed E-state index contributed by atoms with van der Waals surface area (Å²) >= 11 is 1.25. The Kier molecular flexibility index (Phi) is 6.05. The molecule has 164 valence electrons. The van der Waals surface area contributed by atoms with E-state index in [0.717, 1.165) is 21.7 Å². The molecule has 32 heavy (non-hydrogen) atoms. The highest BCUT2D eigenvalue weighted by Gasteiger charge is 2.31. The zero-order valence-electron chi connectivity index (χ0n) is 18.0. The normalized spacial score (nSPS) is 14.7. The second kappa shape index (κ2) is 8.92. The van der Waals surface area contributed by atoms with Crippen molar-refractivity contribution in [1.82, 2.24) is 15.8 Å². The van der Waals surface area contributed by atoms with E-state index in [1.54, 1.807) is 13.0 Å². The average molecular weight is 450 g/mol. The summed E-state index contributed by atoms with van der Waals surface area (Å²) in [5.41, 5.74) is 8.85. The molecular formula is C24H23N3O4S. The molecule has 1 aliphatic carbocycles. The van der Waals surface area contributed by atoms with E-state index in [-0.39, 0.29) is 18.3 Å². The molecule has 1 heterocycles. The van der Waals surface area contributed by atoms with Gasteiger partial charge >= 0.3 is 0 Å². The van der Waals surface area contributed by atoms with Crippen LogP contribution in [0.1, 0.15) is 56.1 Å². The summed E-state index contributed by atoms with van der Waals surface area (Å²) in [6, 6.07) is 13.2. The van der Waals surface area contributed by atoms with Crippen LogP contribution >= 0.6 is 11.3 Å². The SMILES string of the molecule is Cc1ccc(OCC(=O)NNC(=O)c2sc(-c3ccccc3)nc2C)c2c1[C@@H](C)CC2=O. The predicted molar refractivity (Wildman–Crippen MR) is 122 cm³/mol. The van der Waals surface area contributed by atoms with Crippen LogP contribution in [0.25, 0.3) is 10.6 Å². The minimum absolute atomic E-state index is 0.0230. The summed E-state index contributed by atoms with van der Waals surface area (Å²) in [4.78, 5) is 42.0. The number of ketones is 1. The number of carbonyl (C=O) groups excluding carboxylic acids is 3. The third kappa shape index (κ3) is 4.27. The fourth-order valence-corrected chi connectivity index (χ4v) is 4.87. The van der Waals surface area contributed by atoms with E-state index >= 15 is 0 Å². The number of thiazole rings is 1. The summed E-state index contributed by atoms with van der Waals surface area (Å²) in [6.45, 7) is 5.39. The Balaban J connectivity index is 1.36. The quantitative estimate of drug-likeness (QED) is 0.575. The van der Waals surface area contributed by atoms with Crippen LogP contribution in [0.4, 0.5) is 0 Å². The molecule has 2 aromatic carbocycles. The maximum Gasteiger partial charge on any atom is 0.281 e. The number of carbonyl (C=O) groups is 3. The van der Waals surface area contributed by atoms with Gasteiger partial charge in [-0.3, -0.25) is 25.2 Å². The zero-order valence-corrected chi connectivity index (χ0v) is 18.8. The van der Waals surface area contributed by atoms with Crippen LogP contribution in [0.15, 0.2) is 42.5 Å². The summed E-state index contributed by atoms with van der Waals surface area (Å²) in [5.74, 6) is -0.424. The van der Waals surface area contributed by atoms with Gasteiger partial charge in [0.15, 0.2) is 12.4 Å². The number of nitrogens with one attached hydrogen (secondary N) is 2. The number of hydrogen-bond donors (Lipinski definition) is 2. The van der Waals surface area contributed by atoms with E-state index in [9.17, 15) is 14.4 Å². The highest BCUT2D eigenvalue weighted by Crippen LogP contribution is 2.40. The number of ether oxygens (including phenoxy) is 1. The molecule has 2 N–H and O–H groups in total. The van der Waals surface area contributed by atoms with E-state index in [4.69, 9.17) is 4.74 Å². The molecular weight excluding hydrogens is 426 g/mol. The van der Waals surface area contributed by atoms with E-state index in [1.165, 1.54) is 11.3 Å². The van der Waals surface area contributed by atoms with Gasteiger partial charge in [0, 0.05) is 12.0 Å². The number of hydrogen-bond acceptors (Lipinski definition) is 6. The van der Waals surface area contributed by atoms with Gasteiger partial charge in [0.25, 0.3) is 11.8 Å². The number of rotatable bonds is 5. The molecule has 0 saturated heterocycles. The van der Waals surface area contributed by atoms with E-state index < -0.39 is 11.8 Å². The number of aryl methyl sites for hydroxylation is 2. The van der Waals surface area contributed by atoms with Gasteiger partial charge in [-0.05, 0) is 37.0 Å². The second-order valence-electron chi connectivity index (χ2n) is 7.79. The van der Waals surface area contributed by atoms with E-state index in [0.29, 0.717) is 28.3 Å². The molecule has 8 heteroatoms. The van der Waals surface area contributed by atoms with Crippen molar-refractivity contribution in [2.24, 2.45) is 0 Å². The van der Waals surface area contributed by atoms with E-state index in [2.05, 4.69) is 15.8 Å². The van der Waals surface area contributed by atoms with Crippen molar-refractivity contribution in [2.75, 3.05) is 6.61 Å². The number of benzene rings is 2. The summed E-state index contributed by atoms with van der Waals surface area (Å²) < 4.78 is 5.61. The Bertz CT molecular complexity index is 1200. The molecule has 1 aliphatic rings. The maximum atomic E-state index is 12.5. The van der Waals surface area contributed by atoms with Gasteiger partial charge in [0.05, 0.1) is 11.3 Å². The lowest BCUT2D eigenvalue weighted by Crippen LogP contribution is -2.43. The van der Waals surface area contributed by atoms with Crippen molar-refractivity contribution >= 4 is 28.9 Å². The van der Waals surface area contributed by atoms with E-state index in [1.807, 2.05) is 50.2 Å². The van der Waals surface area contributed by atoms with Crippen molar-refractivity contribution in [2.45, 2.75) is 33.1 Å². The van der Waals surface area contributed by atoms with Gasteiger partial charge in [-0.2, -0.15) is 0 Å². The Morgan fingerprint density at radius 3 is 2.62 bits per heavy atom. The average Bonchev–Trinajstić information content (AvgIpc) is 3.32. The van der Waals surface area contributed by atoms with Gasteiger partial charge in [0.2, 0.25) is 0 Å². The van der Waals surface area contributed by atoms with Gasteiger partial charge in [-0.15, -0.1) is 11.3 Å². The molecule has 0 spiro atoms. The molecule has 0 aliphatic heterocycles. The third-order valence-electron chi connectivity index (χ3n) is 5.39. The lowest BCUT2D eigenvalue weighted by molar-refractivity contribution is -0.123. The Morgan fingerprint density at radius 2 is 1.88 bits per heavy atom. The number of aromatic nitrogens is 1. The van der Waals surface area contributed by atoms with Crippen molar-refractivity contribution in [3.05, 3.63) is 69.7 Å². The standard InChI is InChI=1S/C24H23N3O4S/c1-13-9-10-18(21-17(28)11-14(2)20(13)21)31-12-19(29)26-27-23(30)22-15(3)25-24(32-22)16-7-5-4-6-8-16/h4-10,14H,11-12H2,1-3H3,(H,26,29)(H,27,30)/t14-/m0/s1. The molecule has 3 aromatic rings. The lowest BCUT2D eigenvalue weighted by Gasteiger charge is -2.13. The first-order valence-electron chi connectivity index (χ1n) is 10.3. The molecule has 1 atom stereocenters. The number of fused-ring (bicyclic) bond motifs is 1. The molecule has 0 fully saturated rings. The third-order valence-corrected chi connectivity index (χ3v) is 6.59. The zero-order chi connectivity index (χ0) is 22.8. The summed E-state index contributed by atoms with van der Waals surface area (Å²) in [7, 11) is 0. The highest BCUT2D eigenvalue weighted by atomic mass is 32.1. The monoisotopic (exact) mass is 449 g/mol. The number of Topliss-reactive ketones (excluding diaryl/α,β-unsaturated/α-hetero) is 1. The Labute approximate surface area is 189 Å².